The number of amides is 1. The number of benzene rings is 3. The molecule has 3 aromatic rings. The van der Waals surface area contributed by atoms with Gasteiger partial charge in [0.05, 0.1) is 42.6 Å². The van der Waals surface area contributed by atoms with E-state index < -0.39 is 125 Å². The zero-order valence-electron chi connectivity index (χ0n) is 35.1. The highest BCUT2D eigenvalue weighted by atomic mass is 16.6. The third-order valence-electron chi connectivity index (χ3n) is 13.7. The lowest BCUT2D eigenvalue weighted by atomic mass is 9.44. The normalized spacial score (nSPS) is 31.6. The van der Waals surface area contributed by atoms with Gasteiger partial charge in [-0.2, -0.15) is 0 Å². The van der Waals surface area contributed by atoms with Gasteiger partial charge in [-0.05, 0) is 54.8 Å². The summed E-state index contributed by atoms with van der Waals surface area (Å²) in [5.41, 5.74) is -7.58. The Bertz CT molecular complexity index is 2300. The predicted octanol–water partition coefficient (Wildman–Crippen LogP) is 3.01. The molecule has 63 heavy (non-hydrogen) atoms. The maximum absolute atomic E-state index is 14.9. The van der Waals surface area contributed by atoms with Gasteiger partial charge >= 0.3 is 23.9 Å². The van der Waals surface area contributed by atoms with Crippen LogP contribution in [0.4, 0.5) is 0 Å². The maximum Gasteiger partial charge on any atom is 0.350 e. The quantitative estimate of drug-likeness (QED) is 0.0870. The second kappa shape index (κ2) is 17.1. The highest BCUT2D eigenvalue weighted by Crippen LogP contribution is 2.63. The van der Waals surface area contributed by atoms with Crippen molar-refractivity contribution in [2.75, 3.05) is 6.61 Å². The van der Waals surface area contributed by atoms with E-state index in [1.54, 1.807) is 66.7 Å². The summed E-state index contributed by atoms with van der Waals surface area (Å²) in [6.45, 7) is 5.49. The molecule has 0 radical (unpaired) electrons. The van der Waals surface area contributed by atoms with Crippen LogP contribution in [0.5, 0.6) is 0 Å². The number of fused-ring (bicyclic) bond motifs is 5. The number of ether oxygens (including phenoxy) is 4. The molecule has 3 aromatic carbocycles. The van der Waals surface area contributed by atoms with E-state index in [9.17, 15) is 54.3 Å². The van der Waals surface area contributed by atoms with Crippen LogP contribution in [0.25, 0.3) is 0 Å². The van der Waals surface area contributed by atoms with Crippen molar-refractivity contribution in [3.05, 3.63) is 119 Å². The molecule has 3 aliphatic carbocycles. The molecule has 0 unspecified atom stereocenters. The smallest absolute Gasteiger partial charge is 0.350 e. The molecule has 1 aliphatic heterocycles. The third kappa shape index (κ3) is 7.84. The van der Waals surface area contributed by atoms with Crippen molar-refractivity contribution in [1.82, 2.24) is 5.32 Å². The van der Waals surface area contributed by atoms with Crippen molar-refractivity contribution in [1.29, 1.82) is 0 Å². The maximum atomic E-state index is 14.9. The second-order valence-electron chi connectivity index (χ2n) is 17.6. The first kappa shape index (κ1) is 45.3. The number of Topliss-reactive ketones (excluding diaryl/α,β-unsaturated/α-hetero) is 1. The number of hydrogen-bond donors (Lipinski definition) is 6. The zero-order valence-corrected chi connectivity index (χ0v) is 35.1. The topological polar surface area (TPSA) is 253 Å². The lowest BCUT2D eigenvalue weighted by Crippen LogP contribution is -2.81. The Balaban J connectivity index is 1.35. The minimum absolute atomic E-state index is 0.0570. The molecule has 1 saturated heterocycles. The first-order chi connectivity index (χ1) is 29.7. The van der Waals surface area contributed by atoms with E-state index in [0.29, 0.717) is 0 Å². The minimum atomic E-state index is -2.41. The number of esters is 3. The van der Waals surface area contributed by atoms with Gasteiger partial charge < -0.3 is 49.8 Å². The summed E-state index contributed by atoms with van der Waals surface area (Å²) in [6.07, 6.45) is -12.2. The summed E-state index contributed by atoms with van der Waals surface area (Å²) in [6, 6.07) is 22.3. The molecular weight excluding hydrogens is 819 g/mol. The van der Waals surface area contributed by atoms with Gasteiger partial charge in [0.1, 0.15) is 35.6 Å². The highest BCUT2D eigenvalue weighted by Gasteiger charge is 2.76. The number of ketones is 1. The molecule has 16 heteroatoms. The number of carboxylic acids is 1. The van der Waals surface area contributed by atoms with Crippen molar-refractivity contribution < 1.29 is 73.2 Å². The van der Waals surface area contributed by atoms with Gasteiger partial charge in [0.25, 0.3) is 5.91 Å². The van der Waals surface area contributed by atoms with Crippen LogP contribution in [0.3, 0.4) is 0 Å². The standard InChI is InChI=1S/C47H51NO15/c1-25-29(61-43(57)37(62-33(52)21-20-32(50)51)35(26-14-8-5-9-15-26)48-41(55)27-16-10-6-11-17-27)23-47(59)40(63-42(56)28-18-12-7-13-19-28)38-45(4,30(49)22-31-46(38,58)24-60-31)39(54)36(53)34(25)44(47,2)3/h5-19,29-31,35-38,40,49,53,58-59H,20-24H2,1-4H3,(H,48,55)(H,50,51)/t29-,30+,31+,35-,36+,37+,38-,40-,45+,46-,47+/m0/s1. The van der Waals surface area contributed by atoms with E-state index in [2.05, 4.69) is 5.32 Å². The summed E-state index contributed by atoms with van der Waals surface area (Å²) >= 11 is 0. The first-order valence-corrected chi connectivity index (χ1v) is 20.7. The summed E-state index contributed by atoms with van der Waals surface area (Å²) in [5.74, 6) is -7.87. The minimum Gasteiger partial charge on any atom is -0.481 e. The zero-order chi connectivity index (χ0) is 45.6. The third-order valence-corrected chi connectivity index (χ3v) is 13.7. The van der Waals surface area contributed by atoms with Crippen LogP contribution in [0.15, 0.2) is 102 Å². The van der Waals surface area contributed by atoms with Crippen molar-refractivity contribution in [3.8, 4) is 0 Å². The van der Waals surface area contributed by atoms with Gasteiger partial charge in [0.15, 0.2) is 5.78 Å². The SMILES string of the molecule is CC1=C2[C@@H](O)C(=O)[C@]3(C)[C@H](O)C[C@H]4OC[C@@]4(O)[C@H]3[C@H](OC(=O)c3ccccc3)[C@](O)(C[C@@H]1OC(=O)[C@H](OC(=O)CCC(=O)O)[C@@H](NC(=O)c1ccccc1)c1ccccc1)C2(C)C. The summed E-state index contributed by atoms with van der Waals surface area (Å²) in [5, 5.41) is 61.9. The molecule has 4 aliphatic rings. The molecule has 16 nitrogen and oxygen atoms in total. The molecule has 2 bridgehead atoms. The van der Waals surface area contributed by atoms with E-state index in [-0.39, 0.29) is 40.9 Å². The monoisotopic (exact) mass is 869 g/mol. The molecule has 2 saturated carbocycles. The largest absolute Gasteiger partial charge is 0.481 e. The molecule has 334 valence electrons. The Kier molecular flexibility index (Phi) is 12.3. The van der Waals surface area contributed by atoms with E-state index in [1.807, 2.05) is 0 Å². The van der Waals surface area contributed by atoms with Gasteiger partial charge in [-0.25, -0.2) is 9.59 Å². The molecule has 0 spiro atoms. The van der Waals surface area contributed by atoms with Gasteiger partial charge in [-0.1, -0.05) is 80.6 Å². The van der Waals surface area contributed by atoms with Crippen molar-refractivity contribution >= 4 is 35.6 Å². The van der Waals surface area contributed by atoms with Gasteiger partial charge in [-0.15, -0.1) is 0 Å². The van der Waals surface area contributed by atoms with Crippen LogP contribution in [0, 0.1) is 16.7 Å². The predicted molar refractivity (Wildman–Crippen MR) is 219 cm³/mol. The Morgan fingerprint density at radius 1 is 0.841 bits per heavy atom. The van der Waals surface area contributed by atoms with Gasteiger partial charge in [0, 0.05) is 29.7 Å². The van der Waals surface area contributed by atoms with Crippen molar-refractivity contribution in [3.63, 3.8) is 0 Å². The van der Waals surface area contributed by atoms with Crippen LogP contribution in [-0.4, -0.2) is 116 Å². The number of aliphatic carboxylic acids is 1. The Labute approximate surface area is 362 Å². The fourth-order valence-electron chi connectivity index (χ4n) is 10.1. The Morgan fingerprint density at radius 2 is 1.43 bits per heavy atom. The number of carbonyl (C=O) groups excluding carboxylic acids is 5. The average molecular weight is 870 g/mol. The van der Waals surface area contributed by atoms with E-state index in [4.69, 9.17) is 18.9 Å². The Morgan fingerprint density at radius 3 is 2.00 bits per heavy atom. The molecule has 0 aromatic heterocycles. The fourth-order valence-corrected chi connectivity index (χ4v) is 10.1. The molecule has 11 atom stereocenters. The molecule has 7 rings (SSSR count). The summed E-state index contributed by atoms with van der Waals surface area (Å²) < 4.78 is 23.8. The number of carboxylic acid groups (broad SMARTS) is 1. The molecular formula is C47H51NO15. The summed E-state index contributed by atoms with van der Waals surface area (Å²) in [4.78, 5) is 82.2. The second-order valence-corrected chi connectivity index (χ2v) is 17.6. The van der Waals surface area contributed by atoms with Gasteiger partial charge in [0.2, 0.25) is 6.10 Å². The lowest BCUT2D eigenvalue weighted by Gasteiger charge is -2.66. The molecule has 6 N–H and O–H groups in total. The van der Waals surface area contributed by atoms with E-state index in [0.717, 1.165) is 0 Å². The number of rotatable bonds is 12. The number of aliphatic hydroxyl groups is 4. The van der Waals surface area contributed by atoms with Crippen LogP contribution in [-0.2, 0) is 38.1 Å². The van der Waals surface area contributed by atoms with Crippen LogP contribution >= 0.6 is 0 Å². The number of carbonyl (C=O) groups is 6. The van der Waals surface area contributed by atoms with E-state index >= 15 is 0 Å². The fraction of sp³-hybridized carbons (Fsp3) is 0.447. The molecule has 1 heterocycles. The van der Waals surface area contributed by atoms with Gasteiger partial charge in [-0.3, -0.25) is 19.2 Å². The number of nitrogens with one attached hydrogen (secondary N) is 1. The first-order valence-electron chi connectivity index (χ1n) is 20.7. The molecule has 1 amide bonds. The lowest BCUT2D eigenvalue weighted by molar-refractivity contribution is -0.343. The van der Waals surface area contributed by atoms with Crippen molar-refractivity contribution in [2.45, 2.75) is 107 Å². The van der Waals surface area contributed by atoms with E-state index in [1.165, 1.54) is 52.0 Å². The van der Waals surface area contributed by atoms with Crippen molar-refractivity contribution in [2.24, 2.45) is 16.7 Å². The Hall–Kier alpha value is -5.78. The molecule has 3 fully saturated rings. The summed E-state index contributed by atoms with van der Waals surface area (Å²) in [7, 11) is 0. The van der Waals surface area contributed by atoms with Crippen LogP contribution < -0.4 is 5.32 Å². The number of aliphatic hydroxyl groups excluding tert-OH is 2. The highest BCUT2D eigenvalue weighted by molar-refractivity contribution is 5.96. The van der Waals surface area contributed by atoms with Crippen LogP contribution in [0.2, 0.25) is 0 Å². The van der Waals surface area contributed by atoms with Crippen LogP contribution in [0.1, 0.15) is 85.7 Å². The average Bonchev–Trinajstić information content (AvgIpc) is 3.26. The number of hydrogen-bond acceptors (Lipinski definition) is 14.